The number of aryl methyl sites for hydroxylation is 1. The molecule has 0 amide bonds. The normalized spacial score (nSPS) is 11.5. The van der Waals surface area contributed by atoms with E-state index in [2.05, 4.69) is 9.71 Å². The Balaban J connectivity index is 1.97. The highest BCUT2D eigenvalue weighted by molar-refractivity contribution is 7.89. The summed E-state index contributed by atoms with van der Waals surface area (Å²) in [6, 6.07) is 12.1. The van der Waals surface area contributed by atoms with Crippen molar-refractivity contribution >= 4 is 20.8 Å². The second-order valence-electron chi connectivity index (χ2n) is 5.79. The maximum absolute atomic E-state index is 12.5. The summed E-state index contributed by atoms with van der Waals surface area (Å²) in [5.74, 6) is 1.28. The molecular weight excluding hydrogens is 352 g/mol. The van der Waals surface area contributed by atoms with Crippen molar-refractivity contribution in [2.24, 2.45) is 0 Å². The van der Waals surface area contributed by atoms with Crippen molar-refractivity contribution in [3.63, 3.8) is 0 Å². The van der Waals surface area contributed by atoms with Gasteiger partial charge in [0.1, 0.15) is 11.5 Å². The molecule has 3 aromatic rings. The lowest BCUT2D eigenvalue weighted by Crippen LogP contribution is -2.24. The predicted octanol–water partition coefficient (Wildman–Crippen LogP) is 3.04. The third kappa shape index (κ3) is 3.49. The van der Waals surface area contributed by atoms with Crippen molar-refractivity contribution in [1.82, 2.24) is 9.71 Å². The Morgan fingerprint density at radius 3 is 2.27 bits per heavy atom. The van der Waals surface area contributed by atoms with E-state index in [1.165, 1.54) is 0 Å². The van der Waals surface area contributed by atoms with E-state index in [0.717, 1.165) is 16.3 Å². The van der Waals surface area contributed by atoms with Crippen molar-refractivity contribution in [1.29, 1.82) is 0 Å². The standard InChI is InChI=1S/C19H20N2O4S/c1-13-4-6-14(7-5-13)26(22,23)21-12-16-19-15(10-11-20-16)17(24-2)8-9-18(19)25-3/h4-11,21H,12H2,1-3H3. The molecule has 0 aliphatic rings. The molecule has 3 rings (SSSR count). The average Bonchev–Trinajstić information content (AvgIpc) is 2.65. The number of pyridine rings is 1. The van der Waals surface area contributed by atoms with Crippen molar-refractivity contribution in [2.75, 3.05) is 14.2 Å². The lowest BCUT2D eigenvalue weighted by Gasteiger charge is -2.13. The number of hydrogen-bond acceptors (Lipinski definition) is 5. The van der Waals surface area contributed by atoms with Gasteiger partial charge in [-0.1, -0.05) is 17.7 Å². The molecule has 0 unspecified atom stereocenters. The lowest BCUT2D eigenvalue weighted by molar-refractivity contribution is 0.410. The fraction of sp³-hybridized carbons (Fsp3) is 0.211. The minimum Gasteiger partial charge on any atom is -0.496 e. The van der Waals surface area contributed by atoms with E-state index in [0.29, 0.717) is 17.2 Å². The molecule has 0 aliphatic heterocycles. The molecule has 7 heteroatoms. The monoisotopic (exact) mass is 372 g/mol. The number of nitrogens with one attached hydrogen (secondary N) is 1. The summed E-state index contributed by atoms with van der Waals surface area (Å²) >= 11 is 0. The fourth-order valence-electron chi connectivity index (χ4n) is 2.76. The van der Waals surface area contributed by atoms with Gasteiger partial charge < -0.3 is 9.47 Å². The second-order valence-corrected chi connectivity index (χ2v) is 7.55. The number of ether oxygens (including phenoxy) is 2. The van der Waals surface area contributed by atoms with Gasteiger partial charge in [-0.15, -0.1) is 0 Å². The van der Waals surface area contributed by atoms with Crippen LogP contribution in [0.1, 0.15) is 11.3 Å². The van der Waals surface area contributed by atoms with E-state index in [1.807, 2.05) is 13.0 Å². The van der Waals surface area contributed by atoms with E-state index in [9.17, 15) is 8.42 Å². The molecule has 26 heavy (non-hydrogen) atoms. The van der Waals surface area contributed by atoms with Gasteiger partial charge in [-0.2, -0.15) is 0 Å². The van der Waals surface area contributed by atoms with E-state index in [4.69, 9.17) is 9.47 Å². The van der Waals surface area contributed by atoms with Crippen LogP contribution < -0.4 is 14.2 Å². The first-order valence-corrected chi connectivity index (χ1v) is 9.49. The molecule has 2 aromatic carbocycles. The van der Waals surface area contributed by atoms with Crippen molar-refractivity contribution in [2.45, 2.75) is 18.4 Å². The van der Waals surface area contributed by atoms with Gasteiger partial charge in [0.2, 0.25) is 10.0 Å². The predicted molar refractivity (Wildman–Crippen MR) is 100 cm³/mol. The van der Waals surface area contributed by atoms with Crippen LogP contribution in [0.15, 0.2) is 53.6 Å². The molecular formula is C19H20N2O4S. The number of nitrogens with zero attached hydrogens (tertiary/aromatic N) is 1. The summed E-state index contributed by atoms with van der Waals surface area (Å²) in [6.07, 6.45) is 1.62. The number of aromatic nitrogens is 1. The third-order valence-corrected chi connectivity index (χ3v) is 5.55. The molecule has 1 heterocycles. The van der Waals surface area contributed by atoms with Crippen LogP contribution in [0, 0.1) is 6.92 Å². The number of methoxy groups -OCH3 is 2. The van der Waals surface area contributed by atoms with Gasteiger partial charge in [0.25, 0.3) is 0 Å². The Hall–Kier alpha value is -2.64. The van der Waals surface area contributed by atoms with Gasteiger partial charge >= 0.3 is 0 Å². The Morgan fingerprint density at radius 1 is 0.962 bits per heavy atom. The molecule has 6 nitrogen and oxygen atoms in total. The first kappa shape index (κ1) is 18.2. The van der Waals surface area contributed by atoms with Crippen LogP contribution in [0.25, 0.3) is 10.8 Å². The summed E-state index contributed by atoms with van der Waals surface area (Å²) in [6.45, 7) is 1.95. The van der Waals surface area contributed by atoms with E-state index >= 15 is 0 Å². The molecule has 0 saturated heterocycles. The smallest absolute Gasteiger partial charge is 0.240 e. The Bertz CT molecular complexity index is 1030. The van der Waals surface area contributed by atoms with Gasteiger partial charge in [0, 0.05) is 11.6 Å². The Morgan fingerprint density at radius 2 is 1.62 bits per heavy atom. The second kappa shape index (κ2) is 7.31. The first-order chi connectivity index (χ1) is 12.5. The van der Waals surface area contributed by atoms with E-state index in [-0.39, 0.29) is 11.4 Å². The molecule has 0 spiro atoms. The van der Waals surface area contributed by atoms with Crippen molar-refractivity contribution in [3.8, 4) is 11.5 Å². The third-order valence-electron chi connectivity index (χ3n) is 4.13. The molecule has 0 bridgehead atoms. The maximum Gasteiger partial charge on any atom is 0.240 e. The van der Waals surface area contributed by atoms with Gasteiger partial charge in [-0.05, 0) is 37.3 Å². The molecule has 1 N–H and O–H groups in total. The maximum atomic E-state index is 12.5. The van der Waals surface area contributed by atoms with Crippen LogP contribution in [0.2, 0.25) is 0 Å². The Kier molecular flexibility index (Phi) is 5.11. The quantitative estimate of drug-likeness (QED) is 0.720. The van der Waals surface area contributed by atoms with Gasteiger partial charge in [-0.3, -0.25) is 4.98 Å². The highest BCUT2D eigenvalue weighted by atomic mass is 32.2. The van der Waals surface area contributed by atoms with Crippen molar-refractivity contribution < 1.29 is 17.9 Å². The number of benzene rings is 2. The zero-order valence-electron chi connectivity index (χ0n) is 14.8. The number of fused-ring (bicyclic) bond motifs is 1. The minimum absolute atomic E-state index is 0.0388. The van der Waals surface area contributed by atoms with Crippen LogP contribution in [0.5, 0.6) is 11.5 Å². The number of rotatable bonds is 6. The highest BCUT2D eigenvalue weighted by Crippen LogP contribution is 2.34. The lowest BCUT2D eigenvalue weighted by atomic mass is 10.1. The fourth-order valence-corrected chi connectivity index (χ4v) is 3.74. The largest absolute Gasteiger partial charge is 0.496 e. The average molecular weight is 372 g/mol. The molecule has 136 valence electrons. The number of sulfonamides is 1. The molecule has 0 radical (unpaired) electrons. The van der Waals surface area contributed by atoms with E-state index in [1.54, 1.807) is 56.8 Å². The van der Waals surface area contributed by atoms with Gasteiger partial charge in [0.15, 0.2) is 0 Å². The van der Waals surface area contributed by atoms with Crippen LogP contribution in [0.4, 0.5) is 0 Å². The summed E-state index contributed by atoms with van der Waals surface area (Å²) in [4.78, 5) is 4.55. The minimum atomic E-state index is -3.64. The molecule has 0 aliphatic carbocycles. The zero-order chi connectivity index (χ0) is 18.7. The van der Waals surface area contributed by atoms with Crippen LogP contribution in [0.3, 0.4) is 0 Å². The summed E-state index contributed by atoms with van der Waals surface area (Å²) in [5.41, 5.74) is 1.56. The number of hydrogen-bond donors (Lipinski definition) is 1. The van der Waals surface area contributed by atoms with Crippen molar-refractivity contribution in [3.05, 3.63) is 59.9 Å². The van der Waals surface area contributed by atoms with Gasteiger partial charge in [-0.25, -0.2) is 13.1 Å². The summed E-state index contributed by atoms with van der Waals surface area (Å²) in [7, 11) is -0.492. The summed E-state index contributed by atoms with van der Waals surface area (Å²) in [5, 5.41) is 1.53. The van der Waals surface area contributed by atoms with Gasteiger partial charge in [0.05, 0.1) is 36.7 Å². The summed E-state index contributed by atoms with van der Waals surface area (Å²) < 4.78 is 38.5. The van der Waals surface area contributed by atoms with Crippen LogP contribution >= 0.6 is 0 Å². The zero-order valence-corrected chi connectivity index (χ0v) is 15.6. The SMILES string of the molecule is COc1ccc(OC)c2c(CNS(=O)(=O)c3ccc(C)cc3)nccc12. The molecule has 1 aromatic heterocycles. The van der Waals surface area contributed by atoms with Crippen LogP contribution in [-0.4, -0.2) is 27.6 Å². The first-order valence-electron chi connectivity index (χ1n) is 8.01. The van der Waals surface area contributed by atoms with E-state index < -0.39 is 10.0 Å². The highest BCUT2D eigenvalue weighted by Gasteiger charge is 2.17. The molecule has 0 saturated carbocycles. The molecule has 0 atom stereocenters. The molecule has 0 fully saturated rings. The topological polar surface area (TPSA) is 77.5 Å². The Labute approximate surface area is 152 Å². The van der Waals surface area contributed by atoms with Crippen LogP contribution in [-0.2, 0) is 16.6 Å².